The van der Waals surface area contributed by atoms with Crippen molar-refractivity contribution in [2.24, 2.45) is 11.1 Å². The van der Waals surface area contributed by atoms with E-state index in [0.29, 0.717) is 12.1 Å². The van der Waals surface area contributed by atoms with Gasteiger partial charge in [-0.15, -0.1) is 0 Å². The first-order valence-corrected chi connectivity index (χ1v) is 3.96. The van der Waals surface area contributed by atoms with Crippen LogP contribution in [-0.2, 0) is 9.53 Å². The quantitative estimate of drug-likeness (QED) is 0.511. The van der Waals surface area contributed by atoms with Gasteiger partial charge in [0, 0.05) is 12.1 Å². The van der Waals surface area contributed by atoms with Crippen molar-refractivity contribution in [1.82, 2.24) is 0 Å². The highest BCUT2D eigenvalue weighted by Gasteiger charge is 2.22. The van der Waals surface area contributed by atoms with E-state index in [9.17, 15) is 4.79 Å². The van der Waals surface area contributed by atoms with Crippen LogP contribution in [0.15, 0.2) is 12.2 Å². The van der Waals surface area contributed by atoms with Gasteiger partial charge in [0.1, 0.15) is 6.61 Å². The Bertz CT molecular complexity index is 179. The van der Waals surface area contributed by atoms with Crippen LogP contribution >= 0.6 is 0 Å². The maximum Gasteiger partial charge on any atom is 0.333 e. The van der Waals surface area contributed by atoms with Crippen LogP contribution in [0.4, 0.5) is 0 Å². The van der Waals surface area contributed by atoms with Crippen molar-refractivity contribution in [3.63, 3.8) is 0 Å². The number of nitrogens with two attached hydrogens (primary N) is 1. The standard InChI is InChI=1S/C9H17NO2/c1-7(9(2,3)4)8(11)12-6-5-10/h1,5-6,10H2,2-4H3. The van der Waals surface area contributed by atoms with Crippen LogP contribution in [0.3, 0.4) is 0 Å². The van der Waals surface area contributed by atoms with Crippen molar-refractivity contribution in [2.75, 3.05) is 13.2 Å². The summed E-state index contributed by atoms with van der Waals surface area (Å²) in [6.45, 7) is 10.0. The van der Waals surface area contributed by atoms with E-state index in [-0.39, 0.29) is 18.0 Å². The van der Waals surface area contributed by atoms with Crippen molar-refractivity contribution in [3.05, 3.63) is 12.2 Å². The van der Waals surface area contributed by atoms with Crippen molar-refractivity contribution in [2.45, 2.75) is 20.8 Å². The lowest BCUT2D eigenvalue weighted by molar-refractivity contribution is -0.139. The molecule has 3 heteroatoms. The van der Waals surface area contributed by atoms with Crippen LogP contribution in [0.5, 0.6) is 0 Å². The number of rotatable bonds is 3. The number of hydrogen-bond acceptors (Lipinski definition) is 3. The average molecular weight is 171 g/mol. The van der Waals surface area contributed by atoms with E-state index in [1.807, 2.05) is 20.8 Å². The summed E-state index contributed by atoms with van der Waals surface area (Å²) in [4.78, 5) is 11.2. The molecule has 0 bridgehead atoms. The monoisotopic (exact) mass is 171 g/mol. The van der Waals surface area contributed by atoms with Gasteiger partial charge in [0.15, 0.2) is 0 Å². The van der Waals surface area contributed by atoms with Gasteiger partial charge in [-0.25, -0.2) is 4.79 Å². The number of hydrogen-bond donors (Lipinski definition) is 1. The molecule has 0 saturated carbocycles. The molecule has 70 valence electrons. The van der Waals surface area contributed by atoms with Crippen LogP contribution in [0.1, 0.15) is 20.8 Å². The van der Waals surface area contributed by atoms with Gasteiger partial charge in [-0.3, -0.25) is 0 Å². The smallest absolute Gasteiger partial charge is 0.333 e. The highest BCUT2D eigenvalue weighted by Crippen LogP contribution is 2.24. The van der Waals surface area contributed by atoms with Crippen LogP contribution in [-0.4, -0.2) is 19.1 Å². The van der Waals surface area contributed by atoms with Crippen molar-refractivity contribution >= 4 is 5.97 Å². The van der Waals surface area contributed by atoms with Crippen LogP contribution in [0.2, 0.25) is 0 Å². The second kappa shape index (κ2) is 4.26. The number of ether oxygens (including phenoxy) is 1. The molecular weight excluding hydrogens is 154 g/mol. The first-order valence-electron chi connectivity index (χ1n) is 3.96. The Kier molecular flexibility index (Phi) is 3.96. The molecular formula is C9H17NO2. The Morgan fingerprint density at radius 2 is 2.00 bits per heavy atom. The average Bonchev–Trinajstić information content (AvgIpc) is 1.97. The van der Waals surface area contributed by atoms with Crippen molar-refractivity contribution < 1.29 is 9.53 Å². The molecule has 0 atom stereocenters. The van der Waals surface area contributed by atoms with E-state index in [4.69, 9.17) is 10.5 Å². The first-order chi connectivity index (χ1) is 5.39. The van der Waals surface area contributed by atoms with Gasteiger partial charge in [0.2, 0.25) is 0 Å². The molecule has 3 nitrogen and oxygen atoms in total. The molecule has 0 aromatic heterocycles. The molecule has 12 heavy (non-hydrogen) atoms. The molecule has 0 aliphatic heterocycles. The molecule has 0 aliphatic carbocycles. The van der Waals surface area contributed by atoms with Gasteiger partial charge in [0.25, 0.3) is 0 Å². The summed E-state index contributed by atoms with van der Waals surface area (Å²) >= 11 is 0. The van der Waals surface area contributed by atoms with E-state index in [2.05, 4.69) is 6.58 Å². The van der Waals surface area contributed by atoms with Gasteiger partial charge in [-0.2, -0.15) is 0 Å². The predicted molar refractivity (Wildman–Crippen MR) is 48.6 cm³/mol. The summed E-state index contributed by atoms with van der Waals surface area (Å²) in [5.74, 6) is -0.354. The van der Waals surface area contributed by atoms with Crippen LogP contribution < -0.4 is 5.73 Å². The van der Waals surface area contributed by atoms with Crippen LogP contribution in [0.25, 0.3) is 0 Å². The van der Waals surface area contributed by atoms with E-state index in [0.717, 1.165) is 0 Å². The molecule has 0 spiro atoms. The van der Waals surface area contributed by atoms with E-state index in [1.165, 1.54) is 0 Å². The molecule has 2 N–H and O–H groups in total. The predicted octanol–water partition coefficient (Wildman–Crippen LogP) is 1.09. The Morgan fingerprint density at radius 3 is 2.33 bits per heavy atom. The van der Waals surface area contributed by atoms with Crippen molar-refractivity contribution in [1.29, 1.82) is 0 Å². The van der Waals surface area contributed by atoms with Gasteiger partial charge in [0.05, 0.1) is 0 Å². The highest BCUT2D eigenvalue weighted by molar-refractivity contribution is 5.88. The van der Waals surface area contributed by atoms with Crippen molar-refractivity contribution in [3.8, 4) is 0 Å². The summed E-state index contributed by atoms with van der Waals surface area (Å²) in [6, 6.07) is 0. The fourth-order valence-corrected chi connectivity index (χ4v) is 0.545. The summed E-state index contributed by atoms with van der Waals surface area (Å²) in [5, 5.41) is 0. The summed E-state index contributed by atoms with van der Waals surface area (Å²) in [6.07, 6.45) is 0. The first kappa shape index (κ1) is 11.2. The number of carbonyl (C=O) groups is 1. The second-order valence-corrected chi connectivity index (χ2v) is 3.65. The molecule has 0 fully saturated rings. The third-order valence-corrected chi connectivity index (χ3v) is 1.50. The molecule has 0 unspecified atom stereocenters. The van der Waals surface area contributed by atoms with E-state index >= 15 is 0 Å². The third-order valence-electron chi connectivity index (χ3n) is 1.50. The van der Waals surface area contributed by atoms with Gasteiger partial charge in [-0.05, 0) is 5.41 Å². The van der Waals surface area contributed by atoms with Gasteiger partial charge in [-0.1, -0.05) is 27.4 Å². The molecule has 0 aliphatic rings. The highest BCUT2D eigenvalue weighted by atomic mass is 16.5. The topological polar surface area (TPSA) is 52.3 Å². The van der Waals surface area contributed by atoms with Gasteiger partial charge < -0.3 is 10.5 Å². The van der Waals surface area contributed by atoms with Crippen LogP contribution in [0, 0.1) is 5.41 Å². The normalized spacial score (nSPS) is 11.0. The number of carbonyl (C=O) groups excluding carboxylic acids is 1. The lowest BCUT2D eigenvalue weighted by atomic mass is 9.88. The molecule has 0 rings (SSSR count). The maximum atomic E-state index is 11.2. The Morgan fingerprint density at radius 1 is 1.50 bits per heavy atom. The van der Waals surface area contributed by atoms with Gasteiger partial charge >= 0.3 is 5.97 Å². The fourth-order valence-electron chi connectivity index (χ4n) is 0.545. The fraction of sp³-hybridized carbons (Fsp3) is 0.667. The van der Waals surface area contributed by atoms with E-state index < -0.39 is 0 Å². The van der Waals surface area contributed by atoms with E-state index in [1.54, 1.807) is 0 Å². The molecule has 0 radical (unpaired) electrons. The zero-order valence-corrected chi connectivity index (χ0v) is 8.02. The second-order valence-electron chi connectivity index (χ2n) is 3.65. The number of esters is 1. The molecule has 0 heterocycles. The minimum Gasteiger partial charge on any atom is -0.461 e. The summed E-state index contributed by atoms with van der Waals surface area (Å²) < 4.78 is 4.82. The maximum absolute atomic E-state index is 11.2. The lowest BCUT2D eigenvalue weighted by Crippen LogP contribution is -2.21. The zero-order valence-electron chi connectivity index (χ0n) is 8.02. The minimum atomic E-state index is -0.354. The molecule has 0 aromatic rings. The minimum absolute atomic E-state index is 0.230. The molecule has 0 saturated heterocycles. The SMILES string of the molecule is C=C(C(=O)OCCN)C(C)(C)C. The third kappa shape index (κ3) is 3.53. The largest absolute Gasteiger partial charge is 0.461 e. The molecule has 0 amide bonds. The Labute approximate surface area is 73.6 Å². The Hall–Kier alpha value is -0.830. The summed E-state index contributed by atoms with van der Waals surface area (Å²) in [5.41, 5.74) is 5.43. The summed E-state index contributed by atoms with van der Waals surface area (Å²) in [7, 11) is 0. The Balaban J connectivity index is 4.04. The molecule has 0 aromatic carbocycles. The zero-order chi connectivity index (χ0) is 9.78. The lowest BCUT2D eigenvalue weighted by Gasteiger charge is -2.19.